The van der Waals surface area contributed by atoms with Crippen molar-refractivity contribution in [1.82, 2.24) is 10.2 Å². The summed E-state index contributed by atoms with van der Waals surface area (Å²) >= 11 is 0. The van der Waals surface area contributed by atoms with Gasteiger partial charge in [-0.2, -0.15) is 0 Å². The Kier molecular flexibility index (Phi) is 6.52. The fourth-order valence-corrected chi connectivity index (χ4v) is 3.77. The van der Waals surface area contributed by atoms with Crippen molar-refractivity contribution in [2.75, 3.05) is 27.3 Å². The van der Waals surface area contributed by atoms with Crippen LogP contribution in [0.15, 0.2) is 42.5 Å². The molecule has 150 valence electrons. The van der Waals surface area contributed by atoms with Crippen LogP contribution >= 0.6 is 0 Å². The Bertz CT molecular complexity index is 810. The van der Waals surface area contributed by atoms with Gasteiger partial charge in [0.1, 0.15) is 17.3 Å². The zero-order chi connectivity index (χ0) is 20.1. The Morgan fingerprint density at radius 3 is 2.64 bits per heavy atom. The summed E-state index contributed by atoms with van der Waals surface area (Å²) in [6, 6.07) is 11.9. The molecule has 0 aliphatic carbocycles. The Morgan fingerprint density at radius 1 is 1.21 bits per heavy atom. The van der Waals surface area contributed by atoms with E-state index in [0.717, 1.165) is 42.0 Å². The molecule has 0 aromatic heterocycles. The average Bonchev–Trinajstić information content (AvgIpc) is 3.15. The van der Waals surface area contributed by atoms with E-state index in [1.165, 1.54) is 12.1 Å². The molecule has 1 aliphatic rings. The molecule has 1 saturated heterocycles. The van der Waals surface area contributed by atoms with E-state index in [0.29, 0.717) is 6.54 Å². The van der Waals surface area contributed by atoms with Crippen molar-refractivity contribution in [3.63, 3.8) is 0 Å². The largest absolute Gasteiger partial charge is 0.497 e. The molecule has 2 aromatic carbocycles. The van der Waals surface area contributed by atoms with Crippen LogP contribution in [-0.2, 0) is 4.79 Å². The first kappa shape index (κ1) is 20.1. The summed E-state index contributed by atoms with van der Waals surface area (Å²) in [5.41, 5.74) is 1.92. The van der Waals surface area contributed by atoms with Gasteiger partial charge in [-0.15, -0.1) is 0 Å². The number of halogens is 1. The number of ether oxygens (including phenoxy) is 2. The van der Waals surface area contributed by atoms with Crippen molar-refractivity contribution in [3.8, 4) is 11.5 Å². The highest BCUT2D eigenvalue weighted by atomic mass is 19.1. The van der Waals surface area contributed by atoms with Crippen LogP contribution in [0.25, 0.3) is 0 Å². The van der Waals surface area contributed by atoms with Crippen LogP contribution in [0.1, 0.15) is 43.0 Å². The van der Waals surface area contributed by atoms with E-state index in [1.807, 2.05) is 25.1 Å². The lowest BCUT2D eigenvalue weighted by Gasteiger charge is -2.26. The molecular formula is C22H27FN2O3. The lowest BCUT2D eigenvalue weighted by atomic mass is 10.0. The molecule has 0 unspecified atom stereocenters. The van der Waals surface area contributed by atoms with Crippen LogP contribution in [-0.4, -0.2) is 38.1 Å². The van der Waals surface area contributed by atoms with Gasteiger partial charge in [0.2, 0.25) is 5.91 Å². The first-order valence-electron chi connectivity index (χ1n) is 9.52. The zero-order valence-corrected chi connectivity index (χ0v) is 16.6. The van der Waals surface area contributed by atoms with Crippen molar-refractivity contribution >= 4 is 5.91 Å². The first-order chi connectivity index (χ1) is 13.5. The molecule has 1 amide bonds. The maximum atomic E-state index is 13.1. The van der Waals surface area contributed by atoms with Crippen molar-refractivity contribution in [2.24, 2.45) is 0 Å². The fourth-order valence-electron chi connectivity index (χ4n) is 3.77. The fraction of sp³-hybridized carbons (Fsp3) is 0.409. The molecule has 1 N–H and O–H groups in total. The number of likely N-dealkylation sites (tertiary alicyclic amines) is 1. The SMILES string of the molecule is COc1ccc(OC)c([C@H]2CCCN2CC(=O)N[C@@H](C)c2ccc(F)cc2)c1. The van der Waals surface area contributed by atoms with E-state index in [4.69, 9.17) is 9.47 Å². The average molecular weight is 386 g/mol. The lowest BCUT2D eigenvalue weighted by Crippen LogP contribution is -2.38. The molecule has 0 radical (unpaired) electrons. The number of methoxy groups -OCH3 is 2. The molecule has 3 rings (SSSR count). The smallest absolute Gasteiger partial charge is 0.234 e. The summed E-state index contributed by atoms with van der Waals surface area (Å²) in [5, 5.41) is 3.01. The van der Waals surface area contributed by atoms with Crippen molar-refractivity contribution in [3.05, 3.63) is 59.4 Å². The third-order valence-corrected chi connectivity index (χ3v) is 5.25. The summed E-state index contributed by atoms with van der Waals surface area (Å²) in [7, 11) is 3.30. The van der Waals surface area contributed by atoms with E-state index in [9.17, 15) is 9.18 Å². The van der Waals surface area contributed by atoms with Crippen LogP contribution in [0.2, 0.25) is 0 Å². The Hall–Kier alpha value is -2.60. The minimum atomic E-state index is -0.283. The predicted molar refractivity (Wildman–Crippen MR) is 106 cm³/mol. The minimum absolute atomic E-state index is 0.0504. The molecule has 28 heavy (non-hydrogen) atoms. The van der Waals surface area contributed by atoms with Gasteiger partial charge in [0.25, 0.3) is 0 Å². The molecule has 0 bridgehead atoms. The Morgan fingerprint density at radius 2 is 1.96 bits per heavy atom. The molecule has 1 aliphatic heterocycles. The van der Waals surface area contributed by atoms with Crippen molar-refractivity contribution in [2.45, 2.75) is 31.8 Å². The maximum absolute atomic E-state index is 13.1. The maximum Gasteiger partial charge on any atom is 0.234 e. The number of carbonyl (C=O) groups excluding carboxylic acids is 1. The van der Waals surface area contributed by atoms with Gasteiger partial charge in [-0.3, -0.25) is 9.69 Å². The van der Waals surface area contributed by atoms with Gasteiger partial charge in [-0.05, 0) is 62.2 Å². The number of benzene rings is 2. The van der Waals surface area contributed by atoms with Crippen molar-refractivity contribution in [1.29, 1.82) is 0 Å². The van der Waals surface area contributed by atoms with E-state index >= 15 is 0 Å². The number of nitrogens with one attached hydrogen (secondary N) is 1. The monoisotopic (exact) mass is 386 g/mol. The van der Waals surface area contributed by atoms with Gasteiger partial charge in [0.05, 0.1) is 26.8 Å². The molecule has 0 saturated carbocycles. The molecule has 1 fully saturated rings. The molecular weight excluding hydrogens is 359 g/mol. The summed E-state index contributed by atoms with van der Waals surface area (Å²) in [4.78, 5) is 14.8. The van der Waals surface area contributed by atoms with E-state index in [2.05, 4.69) is 10.2 Å². The third-order valence-electron chi connectivity index (χ3n) is 5.25. The Labute approximate surface area is 165 Å². The second-order valence-corrected chi connectivity index (χ2v) is 7.08. The molecule has 2 atom stereocenters. The van der Waals surface area contributed by atoms with Crippen LogP contribution in [0.4, 0.5) is 4.39 Å². The lowest BCUT2D eigenvalue weighted by molar-refractivity contribution is -0.123. The number of rotatable bonds is 7. The van der Waals surface area contributed by atoms with E-state index in [1.54, 1.807) is 26.4 Å². The molecule has 0 spiro atoms. The van der Waals surface area contributed by atoms with Gasteiger partial charge in [-0.25, -0.2) is 4.39 Å². The van der Waals surface area contributed by atoms with Gasteiger partial charge in [-0.1, -0.05) is 12.1 Å². The van der Waals surface area contributed by atoms with Gasteiger partial charge < -0.3 is 14.8 Å². The zero-order valence-electron chi connectivity index (χ0n) is 16.6. The van der Waals surface area contributed by atoms with E-state index in [-0.39, 0.29) is 23.8 Å². The van der Waals surface area contributed by atoms with Crippen LogP contribution in [0.3, 0.4) is 0 Å². The summed E-state index contributed by atoms with van der Waals surface area (Å²) in [5.74, 6) is 1.25. The highest BCUT2D eigenvalue weighted by molar-refractivity contribution is 5.78. The van der Waals surface area contributed by atoms with E-state index < -0.39 is 0 Å². The van der Waals surface area contributed by atoms with Gasteiger partial charge >= 0.3 is 0 Å². The Balaban J connectivity index is 1.68. The second-order valence-electron chi connectivity index (χ2n) is 7.08. The number of hydrogen-bond acceptors (Lipinski definition) is 4. The minimum Gasteiger partial charge on any atom is -0.497 e. The van der Waals surface area contributed by atoms with Crippen LogP contribution in [0, 0.1) is 5.82 Å². The normalized spacial score (nSPS) is 17.9. The van der Waals surface area contributed by atoms with Gasteiger partial charge in [0, 0.05) is 11.6 Å². The number of amides is 1. The van der Waals surface area contributed by atoms with Crippen molar-refractivity contribution < 1.29 is 18.7 Å². The summed E-state index contributed by atoms with van der Waals surface area (Å²) < 4.78 is 24.0. The molecule has 2 aromatic rings. The number of nitrogens with zero attached hydrogens (tertiary/aromatic N) is 1. The standard InChI is InChI=1S/C22H27FN2O3/c1-15(16-6-8-17(23)9-7-16)24-22(26)14-25-12-4-5-20(25)19-13-18(27-2)10-11-21(19)28-3/h6-11,13,15,20H,4-5,12,14H2,1-3H3,(H,24,26)/t15-,20+/m0/s1. The molecule has 1 heterocycles. The van der Waals surface area contributed by atoms with Crippen LogP contribution < -0.4 is 14.8 Å². The quantitative estimate of drug-likeness (QED) is 0.785. The summed E-state index contributed by atoms with van der Waals surface area (Å²) in [6.45, 7) is 3.05. The van der Waals surface area contributed by atoms with Crippen LogP contribution in [0.5, 0.6) is 11.5 Å². The van der Waals surface area contributed by atoms with Gasteiger partial charge in [0.15, 0.2) is 0 Å². The second kappa shape index (κ2) is 9.06. The third kappa shape index (κ3) is 4.62. The molecule has 6 heteroatoms. The highest BCUT2D eigenvalue weighted by Crippen LogP contribution is 2.38. The predicted octanol–water partition coefficient (Wildman–Crippen LogP) is 3.86. The number of hydrogen-bond donors (Lipinski definition) is 1. The topological polar surface area (TPSA) is 50.8 Å². The highest BCUT2D eigenvalue weighted by Gasteiger charge is 2.30. The first-order valence-corrected chi connectivity index (χ1v) is 9.52. The summed E-state index contributed by atoms with van der Waals surface area (Å²) in [6.07, 6.45) is 1.98. The molecule has 5 nitrogen and oxygen atoms in total. The number of carbonyl (C=O) groups is 1.